The van der Waals surface area contributed by atoms with Crippen LogP contribution in [-0.4, -0.2) is 56.1 Å². The first kappa shape index (κ1) is 34.1. The fourth-order valence-corrected chi connectivity index (χ4v) is 7.52. The minimum Gasteiger partial charge on any atom is -0.550 e. The fraction of sp³-hybridized carbons (Fsp3) is 0.909. The number of thioether (sulfide) groups is 2. The summed E-state index contributed by atoms with van der Waals surface area (Å²) in [6, 6.07) is 0. The van der Waals surface area contributed by atoms with Gasteiger partial charge in [-0.15, -0.1) is 0 Å². The molecule has 0 saturated heterocycles. The van der Waals surface area contributed by atoms with Gasteiger partial charge in [-0.3, -0.25) is 0 Å². The number of carboxylic acids is 2. The molecule has 29 heavy (non-hydrogen) atoms. The van der Waals surface area contributed by atoms with Crippen LogP contribution in [0.5, 0.6) is 0 Å². The van der Waals surface area contributed by atoms with Crippen molar-refractivity contribution in [1.82, 2.24) is 0 Å². The van der Waals surface area contributed by atoms with Crippen LogP contribution in [0.3, 0.4) is 0 Å². The van der Waals surface area contributed by atoms with Crippen LogP contribution in [0.15, 0.2) is 0 Å². The molecule has 0 aliphatic heterocycles. The van der Waals surface area contributed by atoms with Crippen LogP contribution in [0.4, 0.5) is 0 Å². The first-order valence-electron chi connectivity index (χ1n) is 11.2. The van der Waals surface area contributed by atoms with Crippen molar-refractivity contribution >= 4 is 56.6 Å². The summed E-state index contributed by atoms with van der Waals surface area (Å²) in [6.07, 6.45) is 9.77. The molecule has 0 aromatic heterocycles. The molecule has 0 fully saturated rings. The summed E-state index contributed by atoms with van der Waals surface area (Å²) in [7, 11) is 0. The number of hydrogen-bond acceptors (Lipinski definition) is 6. The van der Waals surface area contributed by atoms with Crippen molar-refractivity contribution in [3.05, 3.63) is 0 Å². The van der Waals surface area contributed by atoms with Crippen molar-refractivity contribution in [3.8, 4) is 0 Å². The van der Waals surface area contributed by atoms with Gasteiger partial charge >= 0.3 is 69.5 Å². The third-order valence-electron chi connectivity index (χ3n) is 3.66. The average Bonchev–Trinajstić information content (AvgIpc) is 2.68. The van der Waals surface area contributed by atoms with Crippen molar-refractivity contribution in [1.29, 1.82) is 0 Å². The van der Waals surface area contributed by atoms with Gasteiger partial charge in [0.2, 0.25) is 0 Å². The van der Waals surface area contributed by atoms with Crippen LogP contribution >= 0.6 is 23.5 Å². The van der Waals surface area contributed by atoms with E-state index < -0.39 is 11.9 Å². The Kier molecular flexibility index (Phi) is 38.9. The quantitative estimate of drug-likeness (QED) is 0.184. The fourth-order valence-electron chi connectivity index (χ4n) is 1.96. The van der Waals surface area contributed by atoms with Crippen molar-refractivity contribution < 1.29 is 19.8 Å². The van der Waals surface area contributed by atoms with Crippen LogP contribution in [0.25, 0.3) is 0 Å². The molecule has 0 radical (unpaired) electrons. The maximum atomic E-state index is 9.91. The molecule has 0 amide bonds. The van der Waals surface area contributed by atoms with Crippen molar-refractivity contribution in [3.63, 3.8) is 0 Å². The maximum absolute atomic E-state index is 9.91. The molecule has 0 bridgehead atoms. The number of aliphatic carboxylic acids is 2. The Bertz CT molecular complexity index is 302. The molecule has 0 aliphatic rings. The number of carbonyl (C=O) groups excluding carboxylic acids is 2. The number of carboxylic acid groups (broad SMARTS) is 2. The SMILES string of the molecule is CCC[CH2][Sn+2][CH2]CCC.CCSCCCCC(=O)[O-].CCSCCCCC(=O)[O-]. The van der Waals surface area contributed by atoms with E-state index in [1.54, 1.807) is 8.87 Å². The number of unbranched alkanes of at least 4 members (excludes halogenated alkanes) is 4. The minimum atomic E-state index is -0.929. The van der Waals surface area contributed by atoms with Gasteiger partial charge in [-0.1, -0.05) is 13.8 Å². The summed E-state index contributed by atoms with van der Waals surface area (Å²) in [4.78, 5) is 19.8. The predicted octanol–water partition coefficient (Wildman–Crippen LogP) is 4.45. The summed E-state index contributed by atoms with van der Waals surface area (Å²) in [5.74, 6) is 2.52. The molecule has 0 atom stereocenters. The second-order valence-electron chi connectivity index (χ2n) is 6.51. The molecule has 0 N–H and O–H groups in total. The molecular formula is C22H44O4S2Sn. The Balaban J connectivity index is -0.000000350. The van der Waals surface area contributed by atoms with Crippen LogP contribution in [0.1, 0.15) is 91.9 Å². The van der Waals surface area contributed by atoms with Crippen LogP contribution in [0.2, 0.25) is 8.87 Å². The Morgan fingerprint density at radius 3 is 1.31 bits per heavy atom. The Morgan fingerprint density at radius 2 is 1.03 bits per heavy atom. The van der Waals surface area contributed by atoms with E-state index in [0.29, 0.717) is 0 Å². The molecule has 0 aromatic rings. The van der Waals surface area contributed by atoms with Crippen LogP contribution in [-0.2, 0) is 9.59 Å². The van der Waals surface area contributed by atoms with Gasteiger partial charge in [0.15, 0.2) is 0 Å². The molecule has 0 heterocycles. The third-order valence-corrected chi connectivity index (χ3v) is 9.67. The summed E-state index contributed by atoms with van der Waals surface area (Å²) in [5, 5.41) is 19.8. The van der Waals surface area contributed by atoms with Gasteiger partial charge in [0.1, 0.15) is 0 Å². The topological polar surface area (TPSA) is 80.3 Å². The Labute approximate surface area is 199 Å². The smallest absolute Gasteiger partial charge is 0.0414 e. The van der Waals surface area contributed by atoms with Gasteiger partial charge in [0.05, 0.1) is 0 Å². The van der Waals surface area contributed by atoms with Crippen LogP contribution in [0, 0.1) is 0 Å². The predicted molar refractivity (Wildman–Crippen MR) is 129 cm³/mol. The number of hydrogen-bond donors (Lipinski definition) is 0. The van der Waals surface area contributed by atoms with Gasteiger partial charge in [-0.05, 0) is 61.5 Å². The number of rotatable bonds is 18. The van der Waals surface area contributed by atoms with Gasteiger partial charge in [-0.2, -0.15) is 23.5 Å². The van der Waals surface area contributed by atoms with Crippen molar-refractivity contribution in [2.75, 3.05) is 23.0 Å². The van der Waals surface area contributed by atoms with Gasteiger partial charge < -0.3 is 19.8 Å². The molecule has 0 saturated carbocycles. The normalized spacial score (nSPS) is 9.52. The first-order chi connectivity index (χ1) is 14.0. The van der Waals surface area contributed by atoms with E-state index in [1.165, 1.54) is 25.7 Å². The molecule has 0 aromatic carbocycles. The number of carbonyl (C=O) groups is 2. The Hall–Kier alpha value is 0.439. The standard InChI is InChI=1S/2C7H14O2S.2C4H9.Sn/c2*1-2-10-6-4-3-5-7(8)9;2*1-3-4-2;/h2*2-6H2,1H3,(H,8,9);2*1,3-4H2,2H3;/q;;;;+2/p-2. The van der Waals surface area contributed by atoms with Gasteiger partial charge in [0.25, 0.3) is 0 Å². The largest absolute Gasteiger partial charge is 0.550 e. The monoisotopic (exact) mass is 556 g/mol. The van der Waals surface area contributed by atoms with Gasteiger partial charge in [-0.25, -0.2) is 0 Å². The zero-order chi connectivity index (χ0) is 22.6. The molecule has 0 unspecified atom stereocenters. The first-order valence-corrected chi connectivity index (χ1v) is 17.6. The third kappa shape index (κ3) is 47.6. The molecular weight excluding hydrogens is 511 g/mol. The molecule has 172 valence electrons. The summed E-state index contributed by atoms with van der Waals surface area (Å²) < 4.78 is 3.25. The zero-order valence-electron chi connectivity index (χ0n) is 19.3. The van der Waals surface area contributed by atoms with Crippen molar-refractivity contribution in [2.45, 2.75) is 101 Å². The second-order valence-corrected chi connectivity index (χ2v) is 13.6. The van der Waals surface area contributed by atoms with Crippen LogP contribution < -0.4 is 10.2 Å². The van der Waals surface area contributed by atoms with Gasteiger partial charge in [0, 0.05) is 11.9 Å². The Morgan fingerprint density at radius 1 is 0.655 bits per heavy atom. The minimum absolute atomic E-state index is 0.149. The summed E-state index contributed by atoms with van der Waals surface area (Å²) in [5.41, 5.74) is 0. The van der Waals surface area contributed by atoms with E-state index in [2.05, 4.69) is 27.7 Å². The second kappa shape index (κ2) is 33.1. The van der Waals surface area contributed by atoms with E-state index in [0.717, 1.165) is 48.7 Å². The molecule has 7 heteroatoms. The van der Waals surface area contributed by atoms with E-state index in [9.17, 15) is 19.8 Å². The zero-order valence-corrected chi connectivity index (χ0v) is 23.8. The molecule has 0 spiro atoms. The average molecular weight is 555 g/mol. The van der Waals surface area contributed by atoms with E-state index in [4.69, 9.17) is 0 Å². The van der Waals surface area contributed by atoms with Crippen molar-refractivity contribution in [2.24, 2.45) is 0 Å². The molecule has 4 nitrogen and oxygen atoms in total. The maximum Gasteiger partial charge on any atom is 0.0414 e. The van der Waals surface area contributed by atoms with E-state index in [-0.39, 0.29) is 34.0 Å². The molecule has 0 aliphatic carbocycles. The molecule has 0 rings (SSSR count). The summed E-state index contributed by atoms with van der Waals surface area (Å²) in [6.45, 7) is 8.78. The summed E-state index contributed by atoms with van der Waals surface area (Å²) >= 11 is 3.84. The van der Waals surface area contributed by atoms with E-state index in [1.807, 2.05) is 23.5 Å². The van der Waals surface area contributed by atoms with E-state index >= 15 is 0 Å².